The summed E-state index contributed by atoms with van der Waals surface area (Å²) >= 11 is 17.6. The Morgan fingerprint density at radius 3 is 2.42 bits per heavy atom. The predicted octanol–water partition coefficient (Wildman–Crippen LogP) is 5.96. The molecular formula is C14H11Cl3FN. The van der Waals surface area contributed by atoms with Gasteiger partial charge < -0.3 is 5.32 Å². The van der Waals surface area contributed by atoms with Crippen molar-refractivity contribution in [3.63, 3.8) is 0 Å². The third-order valence-corrected chi connectivity index (χ3v) is 3.80. The number of rotatable bonds is 3. The Bertz CT molecular complexity index is 601. The number of anilines is 1. The van der Waals surface area contributed by atoms with Crippen LogP contribution in [0.3, 0.4) is 0 Å². The highest BCUT2D eigenvalue weighted by Crippen LogP contribution is 2.29. The number of benzene rings is 2. The van der Waals surface area contributed by atoms with E-state index in [1.165, 1.54) is 6.07 Å². The SMILES string of the molecule is CC(Nc1cccc(Cl)c1F)c1ccc(Cl)c(Cl)c1. The lowest BCUT2D eigenvalue weighted by atomic mass is 10.1. The van der Waals surface area contributed by atoms with Gasteiger partial charge in [0, 0.05) is 6.04 Å². The second-order valence-electron chi connectivity index (χ2n) is 4.14. The van der Waals surface area contributed by atoms with Gasteiger partial charge in [-0.25, -0.2) is 4.39 Å². The third-order valence-electron chi connectivity index (χ3n) is 2.77. The molecule has 0 fully saturated rings. The third kappa shape index (κ3) is 3.33. The van der Waals surface area contributed by atoms with Crippen molar-refractivity contribution in [2.45, 2.75) is 13.0 Å². The minimum absolute atomic E-state index is 0.0892. The molecule has 0 radical (unpaired) electrons. The number of hydrogen-bond acceptors (Lipinski definition) is 1. The van der Waals surface area contributed by atoms with Gasteiger partial charge in [0.1, 0.15) is 0 Å². The summed E-state index contributed by atoms with van der Waals surface area (Å²) in [4.78, 5) is 0. The van der Waals surface area contributed by atoms with Crippen molar-refractivity contribution in [2.75, 3.05) is 5.32 Å². The van der Waals surface area contributed by atoms with Crippen molar-refractivity contribution >= 4 is 40.5 Å². The molecule has 0 aliphatic rings. The quantitative estimate of drug-likeness (QED) is 0.736. The fraction of sp³-hybridized carbons (Fsp3) is 0.143. The van der Waals surface area contributed by atoms with Crippen LogP contribution in [0, 0.1) is 5.82 Å². The average Bonchev–Trinajstić information content (AvgIpc) is 2.38. The van der Waals surface area contributed by atoms with Crippen molar-refractivity contribution in [1.82, 2.24) is 0 Å². The lowest BCUT2D eigenvalue weighted by molar-refractivity contribution is 0.628. The smallest absolute Gasteiger partial charge is 0.164 e. The molecule has 1 unspecified atom stereocenters. The molecule has 1 nitrogen and oxygen atoms in total. The Morgan fingerprint density at radius 2 is 1.74 bits per heavy atom. The topological polar surface area (TPSA) is 12.0 Å². The molecule has 0 amide bonds. The molecule has 5 heteroatoms. The van der Waals surface area contributed by atoms with Crippen molar-refractivity contribution in [2.24, 2.45) is 0 Å². The van der Waals surface area contributed by atoms with E-state index in [9.17, 15) is 4.39 Å². The summed E-state index contributed by atoms with van der Waals surface area (Å²) in [6, 6.07) is 10.0. The largest absolute Gasteiger partial charge is 0.376 e. The molecule has 0 saturated carbocycles. The summed E-state index contributed by atoms with van der Waals surface area (Å²) in [7, 11) is 0. The van der Waals surface area contributed by atoms with Crippen LogP contribution < -0.4 is 5.32 Å². The first kappa shape index (κ1) is 14.4. The molecule has 0 saturated heterocycles. The average molecular weight is 319 g/mol. The fourth-order valence-corrected chi connectivity index (χ4v) is 2.19. The van der Waals surface area contributed by atoms with E-state index >= 15 is 0 Å². The van der Waals surface area contributed by atoms with Crippen LogP contribution >= 0.6 is 34.8 Å². The van der Waals surface area contributed by atoms with Crippen LogP contribution in [0.25, 0.3) is 0 Å². The maximum atomic E-state index is 13.8. The molecule has 0 aliphatic carbocycles. The molecule has 2 rings (SSSR count). The monoisotopic (exact) mass is 317 g/mol. The predicted molar refractivity (Wildman–Crippen MR) is 79.9 cm³/mol. The molecule has 0 heterocycles. The first-order valence-electron chi connectivity index (χ1n) is 5.64. The van der Waals surface area contributed by atoms with E-state index in [1.54, 1.807) is 24.3 Å². The summed E-state index contributed by atoms with van der Waals surface area (Å²) in [5, 5.41) is 4.11. The number of halogens is 4. The highest BCUT2D eigenvalue weighted by molar-refractivity contribution is 6.42. The van der Waals surface area contributed by atoms with Crippen LogP contribution in [-0.2, 0) is 0 Å². The van der Waals surface area contributed by atoms with Crippen molar-refractivity contribution < 1.29 is 4.39 Å². The zero-order valence-corrected chi connectivity index (χ0v) is 12.3. The fourth-order valence-electron chi connectivity index (χ4n) is 1.71. The van der Waals surface area contributed by atoms with Gasteiger partial charge in [0.05, 0.1) is 20.8 Å². The molecule has 0 spiro atoms. The van der Waals surface area contributed by atoms with Gasteiger partial charge in [-0.2, -0.15) is 0 Å². The molecule has 0 aliphatic heterocycles. The molecule has 2 aromatic carbocycles. The summed E-state index contributed by atoms with van der Waals surface area (Å²) in [5.41, 5.74) is 1.26. The lowest BCUT2D eigenvalue weighted by Gasteiger charge is -2.17. The highest BCUT2D eigenvalue weighted by atomic mass is 35.5. The summed E-state index contributed by atoms with van der Waals surface area (Å²) in [6.07, 6.45) is 0. The van der Waals surface area contributed by atoms with E-state index in [0.29, 0.717) is 15.7 Å². The lowest BCUT2D eigenvalue weighted by Crippen LogP contribution is -2.08. The second kappa shape index (κ2) is 6.00. The zero-order valence-electron chi connectivity index (χ0n) is 10.1. The van der Waals surface area contributed by atoms with Gasteiger partial charge in [-0.05, 0) is 36.8 Å². The minimum Gasteiger partial charge on any atom is -0.376 e. The zero-order chi connectivity index (χ0) is 14.0. The molecule has 0 aromatic heterocycles. The maximum Gasteiger partial charge on any atom is 0.164 e. The molecule has 0 bridgehead atoms. The van der Waals surface area contributed by atoms with E-state index in [2.05, 4.69) is 5.32 Å². The van der Waals surface area contributed by atoms with Crippen LogP contribution in [0.2, 0.25) is 15.1 Å². The Morgan fingerprint density at radius 1 is 1.00 bits per heavy atom. The van der Waals surface area contributed by atoms with Crippen LogP contribution in [0.15, 0.2) is 36.4 Å². The second-order valence-corrected chi connectivity index (χ2v) is 5.36. The highest BCUT2D eigenvalue weighted by Gasteiger charge is 2.11. The summed E-state index contributed by atoms with van der Waals surface area (Å²) in [5.74, 6) is -0.462. The molecule has 100 valence electrons. The normalized spacial score (nSPS) is 12.3. The van der Waals surface area contributed by atoms with Gasteiger partial charge in [-0.3, -0.25) is 0 Å². The Kier molecular flexibility index (Phi) is 4.56. The molecular weight excluding hydrogens is 308 g/mol. The van der Waals surface area contributed by atoms with Crippen molar-refractivity contribution in [3.8, 4) is 0 Å². The molecule has 1 atom stereocenters. The van der Waals surface area contributed by atoms with Gasteiger partial charge in [-0.15, -0.1) is 0 Å². The molecule has 2 aromatic rings. The van der Waals surface area contributed by atoms with Crippen LogP contribution in [0.1, 0.15) is 18.5 Å². The van der Waals surface area contributed by atoms with Gasteiger partial charge in [0.15, 0.2) is 5.82 Å². The van der Waals surface area contributed by atoms with Gasteiger partial charge in [0.25, 0.3) is 0 Å². The van der Waals surface area contributed by atoms with Crippen LogP contribution in [0.4, 0.5) is 10.1 Å². The summed E-state index contributed by atoms with van der Waals surface area (Å²) < 4.78 is 13.8. The van der Waals surface area contributed by atoms with E-state index in [4.69, 9.17) is 34.8 Å². The van der Waals surface area contributed by atoms with E-state index in [1.807, 2.05) is 13.0 Å². The van der Waals surface area contributed by atoms with Crippen molar-refractivity contribution in [3.05, 3.63) is 62.8 Å². The molecule has 19 heavy (non-hydrogen) atoms. The number of hydrogen-bond donors (Lipinski definition) is 1. The van der Waals surface area contributed by atoms with Gasteiger partial charge in [0.2, 0.25) is 0 Å². The first-order chi connectivity index (χ1) is 8.99. The van der Waals surface area contributed by atoms with Crippen LogP contribution in [-0.4, -0.2) is 0 Å². The van der Waals surface area contributed by atoms with Crippen molar-refractivity contribution in [1.29, 1.82) is 0 Å². The minimum atomic E-state index is -0.462. The maximum absolute atomic E-state index is 13.8. The van der Waals surface area contributed by atoms with E-state index in [0.717, 1.165) is 5.56 Å². The van der Waals surface area contributed by atoms with Gasteiger partial charge in [-0.1, -0.05) is 46.9 Å². The van der Waals surface area contributed by atoms with E-state index in [-0.39, 0.29) is 11.1 Å². The van der Waals surface area contributed by atoms with E-state index < -0.39 is 5.82 Å². The first-order valence-corrected chi connectivity index (χ1v) is 6.78. The van der Waals surface area contributed by atoms with Gasteiger partial charge >= 0.3 is 0 Å². The Hall–Kier alpha value is -0.960. The Balaban J connectivity index is 2.23. The standard InChI is InChI=1S/C14H11Cl3FN/c1-8(9-5-6-10(15)12(17)7-9)19-13-4-2-3-11(16)14(13)18/h2-8,19H,1H3. The Labute approximate surface area is 126 Å². The summed E-state index contributed by atoms with van der Waals surface area (Å²) in [6.45, 7) is 1.90. The molecule has 1 N–H and O–H groups in total. The van der Waals surface area contributed by atoms with Crippen LogP contribution in [0.5, 0.6) is 0 Å². The number of nitrogens with one attached hydrogen (secondary N) is 1.